The summed E-state index contributed by atoms with van der Waals surface area (Å²) in [7, 11) is 1.59. The molecular formula is C13H13BrClN3O2. The summed E-state index contributed by atoms with van der Waals surface area (Å²) in [6, 6.07) is 4.80. The quantitative estimate of drug-likeness (QED) is 0.659. The van der Waals surface area contributed by atoms with Crippen LogP contribution in [0.4, 0.5) is 5.69 Å². The van der Waals surface area contributed by atoms with Crippen LogP contribution >= 0.6 is 27.5 Å². The van der Waals surface area contributed by atoms with Gasteiger partial charge in [0.25, 0.3) is 0 Å². The lowest BCUT2D eigenvalue weighted by atomic mass is 10.1. The predicted molar refractivity (Wildman–Crippen MR) is 81.1 cm³/mol. The van der Waals surface area contributed by atoms with Gasteiger partial charge < -0.3 is 10.5 Å². The summed E-state index contributed by atoms with van der Waals surface area (Å²) in [5.41, 5.74) is 7.03. The molecule has 2 rings (SSSR count). The molecule has 0 aliphatic rings. The number of ether oxygens (including phenoxy) is 1. The third-order valence-electron chi connectivity index (χ3n) is 2.78. The first-order valence-corrected chi connectivity index (χ1v) is 7.01. The zero-order valence-corrected chi connectivity index (χ0v) is 13.1. The van der Waals surface area contributed by atoms with Gasteiger partial charge in [0, 0.05) is 23.4 Å². The first kappa shape index (κ1) is 15.0. The van der Waals surface area contributed by atoms with Gasteiger partial charge in [0.15, 0.2) is 0 Å². The molecule has 0 bridgehead atoms. The molecule has 0 unspecified atom stereocenters. The van der Waals surface area contributed by atoms with Crippen LogP contribution in [0.15, 0.2) is 28.9 Å². The lowest BCUT2D eigenvalue weighted by Gasteiger charge is -2.09. The second kappa shape index (κ2) is 6.39. The number of aromatic nitrogens is 2. The zero-order chi connectivity index (χ0) is 14.7. The number of methoxy groups -OCH3 is 1. The number of nitrogens with zero attached hydrogens (tertiary/aromatic N) is 2. The molecule has 0 radical (unpaired) electrons. The van der Waals surface area contributed by atoms with E-state index in [4.69, 9.17) is 22.1 Å². The minimum atomic E-state index is -0.209. The van der Waals surface area contributed by atoms with E-state index in [-0.39, 0.29) is 5.78 Å². The van der Waals surface area contributed by atoms with Crippen molar-refractivity contribution in [2.45, 2.75) is 6.54 Å². The van der Waals surface area contributed by atoms with E-state index in [9.17, 15) is 4.79 Å². The van der Waals surface area contributed by atoms with E-state index in [2.05, 4.69) is 21.0 Å². The van der Waals surface area contributed by atoms with Crippen LogP contribution in [-0.4, -0.2) is 29.3 Å². The van der Waals surface area contributed by atoms with Gasteiger partial charge in [-0.1, -0.05) is 11.6 Å². The highest BCUT2D eigenvalue weighted by atomic mass is 79.9. The van der Waals surface area contributed by atoms with Crippen molar-refractivity contribution < 1.29 is 9.53 Å². The molecule has 1 aromatic heterocycles. The van der Waals surface area contributed by atoms with Crippen LogP contribution in [0.3, 0.4) is 0 Å². The highest BCUT2D eigenvalue weighted by molar-refractivity contribution is 9.10. The van der Waals surface area contributed by atoms with Crippen molar-refractivity contribution >= 4 is 39.0 Å². The number of nitrogen functional groups attached to an aromatic ring is 1. The smallest absolute Gasteiger partial charge is 0.214 e. The van der Waals surface area contributed by atoms with Gasteiger partial charge in [-0.2, -0.15) is 5.10 Å². The molecule has 106 valence electrons. The first-order chi connectivity index (χ1) is 9.54. The fourth-order valence-electron chi connectivity index (χ4n) is 1.80. The molecule has 1 aromatic carbocycles. The number of hydrogen-bond donors (Lipinski definition) is 1. The summed E-state index contributed by atoms with van der Waals surface area (Å²) in [5, 5.41) is 4.64. The molecule has 20 heavy (non-hydrogen) atoms. The fourth-order valence-corrected chi connectivity index (χ4v) is 2.46. The van der Waals surface area contributed by atoms with Crippen LogP contribution < -0.4 is 5.73 Å². The van der Waals surface area contributed by atoms with Crippen LogP contribution in [0.2, 0.25) is 5.02 Å². The van der Waals surface area contributed by atoms with Crippen molar-refractivity contribution in [2.75, 3.05) is 19.5 Å². The SMILES string of the molecule is COCCn1ncc(Br)c1C(=O)c1ccc(Cl)cc1N. The van der Waals surface area contributed by atoms with Crippen molar-refractivity contribution in [2.24, 2.45) is 0 Å². The van der Waals surface area contributed by atoms with Crippen LogP contribution in [-0.2, 0) is 11.3 Å². The van der Waals surface area contributed by atoms with E-state index >= 15 is 0 Å². The Morgan fingerprint density at radius 2 is 2.30 bits per heavy atom. The lowest BCUT2D eigenvalue weighted by molar-refractivity contribution is 0.102. The van der Waals surface area contributed by atoms with Crippen molar-refractivity contribution in [3.05, 3.63) is 45.1 Å². The van der Waals surface area contributed by atoms with E-state index < -0.39 is 0 Å². The fraction of sp³-hybridized carbons (Fsp3) is 0.231. The number of rotatable bonds is 5. The molecular weight excluding hydrogens is 346 g/mol. The average molecular weight is 359 g/mol. The Balaban J connectivity index is 2.40. The second-order valence-corrected chi connectivity index (χ2v) is 5.41. The van der Waals surface area contributed by atoms with Crippen LogP contribution in [0.5, 0.6) is 0 Å². The van der Waals surface area contributed by atoms with Crippen molar-refractivity contribution in [1.29, 1.82) is 0 Å². The van der Waals surface area contributed by atoms with Gasteiger partial charge in [-0.05, 0) is 34.1 Å². The van der Waals surface area contributed by atoms with Crippen molar-refractivity contribution in [1.82, 2.24) is 9.78 Å². The number of benzene rings is 1. The number of hydrogen-bond acceptors (Lipinski definition) is 4. The Kier molecular flexibility index (Phi) is 4.80. The monoisotopic (exact) mass is 357 g/mol. The number of nitrogens with two attached hydrogens (primary N) is 1. The minimum Gasteiger partial charge on any atom is -0.398 e. The highest BCUT2D eigenvalue weighted by Gasteiger charge is 2.20. The zero-order valence-electron chi connectivity index (χ0n) is 10.8. The van der Waals surface area contributed by atoms with Crippen molar-refractivity contribution in [3.8, 4) is 0 Å². The number of carbonyl (C=O) groups is 1. The van der Waals surface area contributed by atoms with Crippen LogP contribution in [0.25, 0.3) is 0 Å². The third-order valence-corrected chi connectivity index (χ3v) is 3.59. The molecule has 0 atom stereocenters. The van der Waals surface area contributed by atoms with E-state index in [1.807, 2.05) is 0 Å². The molecule has 2 aromatic rings. The average Bonchev–Trinajstić information content (AvgIpc) is 2.77. The summed E-state index contributed by atoms with van der Waals surface area (Å²) in [6.45, 7) is 0.946. The number of ketones is 1. The van der Waals surface area contributed by atoms with Gasteiger partial charge in [-0.25, -0.2) is 0 Å². The van der Waals surface area contributed by atoms with Crippen molar-refractivity contribution in [3.63, 3.8) is 0 Å². The Morgan fingerprint density at radius 1 is 1.55 bits per heavy atom. The Bertz CT molecular complexity index is 643. The predicted octanol–water partition coefficient (Wildman–Crippen LogP) is 2.76. The van der Waals surface area contributed by atoms with E-state index in [1.165, 1.54) is 0 Å². The van der Waals surface area contributed by atoms with Gasteiger partial charge in [-0.15, -0.1) is 0 Å². The minimum absolute atomic E-state index is 0.209. The topological polar surface area (TPSA) is 70.1 Å². The van der Waals surface area contributed by atoms with Gasteiger partial charge in [-0.3, -0.25) is 9.48 Å². The molecule has 0 saturated carbocycles. The number of carbonyl (C=O) groups excluding carboxylic acids is 1. The van der Waals surface area contributed by atoms with Gasteiger partial charge in [0.05, 0.1) is 23.8 Å². The molecule has 0 aliphatic heterocycles. The summed E-state index contributed by atoms with van der Waals surface area (Å²) in [5.74, 6) is -0.209. The maximum absolute atomic E-state index is 12.6. The van der Waals surface area contributed by atoms with Gasteiger partial charge >= 0.3 is 0 Å². The second-order valence-electron chi connectivity index (χ2n) is 4.12. The molecule has 0 saturated heterocycles. The van der Waals surface area contributed by atoms with Gasteiger partial charge in [0.1, 0.15) is 5.69 Å². The molecule has 0 amide bonds. The molecule has 0 fully saturated rings. The Hall–Kier alpha value is -1.37. The molecule has 5 nitrogen and oxygen atoms in total. The molecule has 0 aliphatic carbocycles. The molecule has 1 heterocycles. The number of halogens is 2. The van der Waals surface area contributed by atoms with Crippen LogP contribution in [0.1, 0.15) is 16.1 Å². The first-order valence-electron chi connectivity index (χ1n) is 5.84. The standard InChI is InChI=1S/C13H13BrClN3O2/c1-20-5-4-18-12(10(14)7-17-18)13(19)9-3-2-8(15)6-11(9)16/h2-3,6-7H,4-5,16H2,1H3. The molecule has 7 heteroatoms. The highest BCUT2D eigenvalue weighted by Crippen LogP contribution is 2.24. The summed E-state index contributed by atoms with van der Waals surface area (Å²) in [6.07, 6.45) is 1.58. The maximum Gasteiger partial charge on any atom is 0.214 e. The van der Waals surface area contributed by atoms with E-state index in [0.717, 1.165) is 0 Å². The normalized spacial score (nSPS) is 10.8. The summed E-state index contributed by atoms with van der Waals surface area (Å²) in [4.78, 5) is 12.6. The maximum atomic E-state index is 12.6. The van der Waals surface area contributed by atoms with E-state index in [1.54, 1.807) is 36.2 Å². The Labute approximate surface area is 129 Å². The summed E-state index contributed by atoms with van der Waals surface area (Å²) >= 11 is 9.18. The Morgan fingerprint density at radius 3 is 2.95 bits per heavy atom. The third kappa shape index (κ3) is 3.03. The lowest BCUT2D eigenvalue weighted by Crippen LogP contribution is -2.15. The van der Waals surface area contributed by atoms with Crippen LogP contribution in [0, 0.1) is 0 Å². The molecule has 2 N–H and O–H groups in total. The molecule has 0 spiro atoms. The van der Waals surface area contributed by atoms with Gasteiger partial charge in [0.2, 0.25) is 5.78 Å². The largest absolute Gasteiger partial charge is 0.398 e. The van der Waals surface area contributed by atoms with E-state index in [0.29, 0.717) is 39.6 Å². The number of anilines is 1. The summed E-state index contributed by atoms with van der Waals surface area (Å²) < 4.78 is 7.21.